The summed E-state index contributed by atoms with van der Waals surface area (Å²) >= 11 is 0. The predicted molar refractivity (Wildman–Crippen MR) is 46.0 cm³/mol. The van der Waals surface area contributed by atoms with Crippen LogP contribution in [0.3, 0.4) is 0 Å². The van der Waals surface area contributed by atoms with Gasteiger partial charge in [0.25, 0.3) is 10.1 Å². The van der Waals surface area contributed by atoms with Crippen molar-refractivity contribution in [2.45, 2.75) is 4.90 Å². The molecule has 0 fully saturated rings. The lowest BCUT2D eigenvalue weighted by Gasteiger charge is -1.96. The van der Waals surface area contributed by atoms with E-state index >= 15 is 0 Å². The molecule has 0 spiro atoms. The molecule has 5 heteroatoms. The topological polar surface area (TPSA) is 67.5 Å². The maximum absolute atomic E-state index is 10.9. The van der Waals surface area contributed by atoms with E-state index in [4.69, 9.17) is 8.97 Å². The van der Waals surface area contributed by atoms with Crippen molar-refractivity contribution in [1.29, 1.82) is 0 Å². The summed E-state index contributed by atoms with van der Waals surface area (Å²) in [6, 6.07) is 5.96. The van der Waals surface area contributed by atoms with Gasteiger partial charge in [-0.1, -0.05) is 6.07 Å². The van der Waals surface area contributed by atoms with Crippen LogP contribution in [0.5, 0.6) is 0 Å². The van der Waals surface area contributed by atoms with Crippen molar-refractivity contribution in [3.05, 3.63) is 30.5 Å². The Morgan fingerprint density at radius 2 is 2.00 bits per heavy atom. The molecule has 1 heterocycles. The average molecular weight is 198 g/mol. The SMILES string of the molecule is O=S(=O)(O)c1cccc2occc12. The minimum absolute atomic E-state index is 0.126. The second-order valence-electron chi connectivity index (χ2n) is 2.56. The van der Waals surface area contributed by atoms with Crippen LogP contribution in [0.1, 0.15) is 0 Å². The molecule has 0 aliphatic carbocycles. The van der Waals surface area contributed by atoms with Crippen LogP contribution in [0.15, 0.2) is 39.8 Å². The van der Waals surface area contributed by atoms with Crippen LogP contribution in [0.25, 0.3) is 11.0 Å². The van der Waals surface area contributed by atoms with Gasteiger partial charge in [0, 0.05) is 5.39 Å². The van der Waals surface area contributed by atoms with E-state index in [0.717, 1.165) is 0 Å². The Morgan fingerprint density at radius 1 is 1.23 bits per heavy atom. The van der Waals surface area contributed by atoms with E-state index < -0.39 is 10.1 Å². The van der Waals surface area contributed by atoms with Gasteiger partial charge in [-0.2, -0.15) is 8.42 Å². The molecule has 68 valence electrons. The van der Waals surface area contributed by atoms with Crippen LogP contribution in [0.4, 0.5) is 0 Å². The molecule has 0 radical (unpaired) electrons. The average Bonchev–Trinajstić information content (AvgIpc) is 2.48. The molecule has 0 aliphatic rings. The lowest BCUT2D eigenvalue weighted by Crippen LogP contribution is -1.97. The van der Waals surface area contributed by atoms with Crippen LogP contribution in [-0.2, 0) is 10.1 Å². The number of hydrogen-bond acceptors (Lipinski definition) is 3. The van der Waals surface area contributed by atoms with E-state index in [1.165, 1.54) is 24.5 Å². The van der Waals surface area contributed by atoms with Gasteiger partial charge in [-0.15, -0.1) is 0 Å². The molecule has 13 heavy (non-hydrogen) atoms. The minimum atomic E-state index is -4.16. The standard InChI is InChI=1S/C8H6O4S/c9-13(10,11)8-3-1-2-7-6(8)4-5-12-7/h1-5H,(H,9,10,11). The van der Waals surface area contributed by atoms with E-state index in [-0.39, 0.29) is 4.90 Å². The maximum atomic E-state index is 10.9. The molecule has 0 amide bonds. The Kier molecular flexibility index (Phi) is 1.64. The van der Waals surface area contributed by atoms with Crippen LogP contribution in [0.2, 0.25) is 0 Å². The van der Waals surface area contributed by atoms with Crippen molar-refractivity contribution >= 4 is 21.1 Å². The summed E-state index contributed by atoms with van der Waals surface area (Å²) in [5, 5.41) is 0.394. The van der Waals surface area contributed by atoms with Gasteiger partial charge in [0.05, 0.1) is 6.26 Å². The van der Waals surface area contributed by atoms with Crippen LogP contribution in [0, 0.1) is 0 Å². The van der Waals surface area contributed by atoms with Crippen molar-refractivity contribution in [3.63, 3.8) is 0 Å². The van der Waals surface area contributed by atoms with E-state index in [1.807, 2.05) is 0 Å². The number of rotatable bonds is 1. The molecular weight excluding hydrogens is 192 g/mol. The second-order valence-corrected chi connectivity index (χ2v) is 3.95. The normalized spacial score (nSPS) is 12.1. The molecule has 0 unspecified atom stereocenters. The first-order valence-electron chi connectivity index (χ1n) is 3.53. The van der Waals surface area contributed by atoms with Gasteiger partial charge in [0.2, 0.25) is 0 Å². The molecule has 0 aliphatic heterocycles. The third kappa shape index (κ3) is 1.32. The third-order valence-corrected chi connectivity index (χ3v) is 2.65. The first kappa shape index (κ1) is 8.28. The smallest absolute Gasteiger partial charge is 0.295 e. The van der Waals surface area contributed by atoms with Crippen molar-refractivity contribution in [2.75, 3.05) is 0 Å². The molecule has 0 saturated heterocycles. The number of furan rings is 1. The van der Waals surface area contributed by atoms with Gasteiger partial charge in [-0.05, 0) is 18.2 Å². The Bertz CT molecular complexity index is 538. The van der Waals surface area contributed by atoms with Crippen LogP contribution >= 0.6 is 0 Å². The molecule has 4 nitrogen and oxygen atoms in total. The molecular formula is C8H6O4S. The first-order valence-corrected chi connectivity index (χ1v) is 4.97. The van der Waals surface area contributed by atoms with Gasteiger partial charge < -0.3 is 4.42 Å². The van der Waals surface area contributed by atoms with Gasteiger partial charge in [0.1, 0.15) is 10.5 Å². The summed E-state index contributed by atoms with van der Waals surface area (Å²) < 4.78 is 35.5. The highest BCUT2D eigenvalue weighted by atomic mass is 32.2. The summed E-state index contributed by atoms with van der Waals surface area (Å²) in [5.74, 6) is 0. The van der Waals surface area contributed by atoms with Crippen molar-refractivity contribution in [2.24, 2.45) is 0 Å². The van der Waals surface area contributed by atoms with E-state index in [9.17, 15) is 8.42 Å². The summed E-state index contributed by atoms with van der Waals surface area (Å²) in [6.07, 6.45) is 1.37. The third-order valence-electron chi connectivity index (χ3n) is 1.73. The zero-order valence-electron chi connectivity index (χ0n) is 6.47. The Morgan fingerprint density at radius 3 is 2.69 bits per heavy atom. The lowest BCUT2D eigenvalue weighted by atomic mass is 10.3. The van der Waals surface area contributed by atoms with Gasteiger partial charge in [0.15, 0.2) is 0 Å². The molecule has 1 N–H and O–H groups in total. The molecule has 2 aromatic rings. The molecule has 0 saturated carbocycles. The van der Waals surface area contributed by atoms with E-state index in [0.29, 0.717) is 11.0 Å². The zero-order chi connectivity index (χ0) is 9.47. The van der Waals surface area contributed by atoms with Gasteiger partial charge in [-0.25, -0.2) is 0 Å². The fourth-order valence-electron chi connectivity index (χ4n) is 1.19. The zero-order valence-corrected chi connectivity index (χ0v) is 7.28. The summed E-state index contributed by atoms with van der Waals surface area (Å²) in [7, 11) is -4.16. The first-order chi connectivity index (χ1) is 6.09. The predicted octanol–water partition coefficient (Wildman–Crippen LogP) is 1.68. The van der Waals surface area contributed by atoms with Crippen LogP contribution in [-0.4, -0.2) is 13.0 Å². The minimum Gasteiger partial charge on any atom is -0.464 e. The largest absolute Gasteiger partial charge is 0.464 e. The Balaban J connectivity index is 2.91. The summed E-state index contributed by atoms with van der Waals surface area (Å²) in [6.45, 7) is 0. The summed E-state index contributed by atoms with van der Waals surface area (Å²) in [4.78, 5) is -0.126. The number of hydrogen-bond donors (Lipinski definition) is 1. The highest BCUT2D eigenvalue weighted by Crippen LogP contribution is 2.23. The van der Waals surface area contributed by atoms with Gasteiger partial charge >= 0.3 is 0 Å². The second kappa shape index (κ2) is 2.58. The fourth-order valence-corrected chi connectivity index (χ4v) is 1.89. The molecule has 1 aromatic carbocycles. The monoisotopic (exact) mass is 198 g/mol. The highest BCUT2D eigenvalue weighted by molar-refractivity contribution is 7.86. The Hall–Kier alpha value is -1.33. The fraction of sp³-hybridized carbons (Fsp3) is 0. The lowest BCUT2D eigenvalue weighted by molar-refractivity contribution is 0.484. The Labute approximate surface area is 74.5 Å². The van der Waals surface area contributed by atoms with E-state index in [2.05, 4.69) is 0 Å². The molecule has 1 aromatic heterocycles. The van der Waals surface area contributed by atoms with Crippen molar-refractivity contribution in [1.82, 2.24) is 0 Å². The van der Waals surface area contributed by atoms with Gasteiger partial charge in [-0.3, -0.25) is 4.55 Å². The van der Waals surface area contributed by atoms with Crippen LogP contribution < -0.4 is 0 Å². The van der Waals surface area contributed by atoms with E-state index in [1.54, 1.807) is 6.07 Å². The summed E-state index contributed by atoms with van der Waals surface area (Å²) in [5.41, 5.74) is 0.440. The van der Waals surface area contributed by atoms with Crippen molar-refractivity contribution in [3.8, 4) is 0 Å². The molecule has 2 rings (SSSR count). The van der Waals surface area contributed by atoms with Crippen molar-refractivity contribution < 1.29 is 17.4 Å². The number of benzene rings is 1. The molecule has 0 atom stereocenters. The maximum Gasteiger partial charge on any atom is 0.295 e. The number of fused-ring (bicyclic) bond motifs is 1. The highest BCUT2D eigenvalue weighted by Gasteiger charge is 2.14. The molecule has 0 bridgehead atoms. The quantitative estimate of drug-likeness (QED) is 0.708.